The summed E-state index contributed by atoms with van der Waals surface area (Å²) in [6.07, 6.45) is -3.47. The molecule has 0 unspecified atom stereocenters. The SMILES string of the molecule is N#CNC(=O)c1cc(C(F)(F)F)ccc1F. The van der Waals surface area contributed by atoms with Crippen molar-refractivity contribution in [2.75, 3.05) is 0 Å². The summed E-state index contributed by atoms with van der Waals surface area (Å²) in [5.41, 5.74) is -1.98. The fraction of sp³-hybridized carbons (Fsp3) is 0.111. The van der Waals surface area contributed by atoms with Crippen molar-refractivity contribution in [3.05, 3.63) is 35.1 Å². The molecule has 1 aromatic carbocycles. The maximum Gasteiger partial charge on any atom is 0.416 e. The van der Waals surface area contributed by atoms with E-state index < -0.39 is 29.0 Å². The number of hydrogen-bond donors (Lipinski definition) is 1. The van der Waals surface area contributed by atoms with Gasteiger partial charge in [0.05, 0.1) is 11.1 Å². The lowest BCUT2D eigenvalue weighted by atomic mass is 10.1. The van der Waals surface area contributed by atoms with Crippen molar-refractivity contribution in [2.24, 2.45) is 0 Å². The molecule has 16 heavy (non-hydrogen) atoms. The fourth-order valence-electron chi connectivity index (χ4n) is 0.994. The maximum atomic E-state index is 13.0. The van der Waals surface area contributed by atoms with Gasteiger partial charge in [0.25, 0.3) is 5.91 Å². The van der Waals surface area contributed by atoms with Gasteiger partial charge in [0.2, 0.25) is 0 Å². The van der Waals surface area contributed by atoms with Crippen molar-refractivity contribution in [1.29, 1.82) is 5.26 Å². The van der Waals surface area contributed by atoms with Gasteiger partial charge in [-0.2, -0.15) is 18.4 Å². The summed E-state index contributed by atoms with van der Waals surface area (Å²) in [6.45, 7) is 0. The lowest BCUT2D eigenvalue weighted by Crippen LogP contribution is -2.20. The third-order valence-corrected chi connectivity index (χ3v) is 1.71. The van der Waals surface area contributed by atoms with Crippen LogP contribution in [0.5, 0.6) is 0 Å². The third kappa shape index (κ3) is 2.48. The van der Waals surface area contributed by atoms with Crippen LogP contribution in [0, 0.1) is 17.3 Å². The zero-order chi connectivity index (χ0) is 12.3. The molecule has 0 aliphatic carbocycles. The van der Waals surface area contributed by atoms with Crippen LogP contribution < -0.4 is 5.32 Å². The Bertz CT molecular complexity index is 462. The summed E-state index contributed by atoms with van der Waals surface area (Å²) >= 11 is 0. The van der Waals surface area contributed by atoms with Crippen LogP contribution in [0.1, 0.15) is 15.9 Å². The molecule has 3 nitrogen and oxygen atoms in total. The predicted octanol–water partition coefficient (Wildman–Crippen LogP) is 2.06. The van der Waals surface area contributed by atoms with Crippen molar-refractivity contribution in [3.63, 3.8) is 0 Å². The number of alkyl halides is 3. The van der Waals surface area contributed by atoms with Crippen molar-refractivity contribution in [1.82, 2.24) is 5.32 Å². The zero-order valence-electron chi connectivity index (χ0n) is 7.60. The second kappa shape index (κ2) is 4.18. The van der Waals surface area contributed by atoms with Crippen molar-refractivity contribution in [2.45, 2.75) is 6.18 Å². The molecule has 0 radical (unpaired) electrons. The van der Waals surface area contributed by atoms with E-state index in [1.54, 1.807) is 5.32 Å². The largest absolute Gasteiger partial charge is 0.416 e. The minimum Gasteiger partial charge on any atom is -0.268 e. The molecular formula is C9H4F4N2O. The smallest absolute Gasteiger partial charge is 0.268 e. The van der Waals surface area contributed by atoms with Gasteiger partial charge in [-0.25, -0.2) is 4.39 Å². The Kier molecular flexibility index (Phi) is 3.13. The number of carbonyl (C=O) groups is 1. The highest BCUT2D eigenvalue weighted by atomic mass is 19.4. The van der Waals surface area contributed by atoms with Crippen LogP contribution in [0.2, 0.25) is 0 Å². The number of carbonyl (C=O) groups excluding carboxylic acids is 1. The van der Waals surface area contributed by atoms with Crippen LogP contribution in [-0.2, 0) is 6.18 Å². The van der Waals surface area contributed by atoms with Crippen LogP contribution >= 0.6 is 0 Å². The molecule has 0 spiro atoms. The molecule has 0 aliphatic heterocycles. The van der Waals surface area contributed by atoms with E-state index in [0.29, 0.717) is 18.2 Å². The molecule has 84 valence electrons. The summed E-state index contributed by atoms with van der Waals surface area (Å²) in [4.78, 5) is 11.0. The van der Waals surface area contributed by atoms with E-state index in [1.807, 2.05) is 0 Å². The summed E-state index contributed by atoms with van der Waals surface area (Å²) in [6, 6.07) is 1.38. The number of halogens is 4. The average molecular weight is 232 g/mol. The second-order valence-electron chi connectivity index (χ2n) is 2.76. The Balaban J connectivity index is 3.20. The lowest BCUT2D eigenvalue weighted by molar-refractivity contribution is -0.137. The number of nitrogens with zero attached hydrogens (tertiary/aromatic N) is 1. The van der Waals surface area contributed by atoms with Crippen molar-refractivity contribution in [3.8, 4) is 6.19 Å². The van der Waals surface area contributed by atoms with Gasteiger partial charge in [0, 0.05) is 0 Å². The molecule has 1 aromatic rings. The van der Waals surface area contributed by atoms with Crippen molar-refractivity contribution >= 4 is 5.91 Å². The monoisotopic (exact) mass is 232 g/mol. The van der Waals surface area contributed by atoms with Crippen LogP contribution in [0.15, 0.2) is 18.2 Å². The van der Waals surface area contributed by atoms with E-state index in [1.165, 1.54) is 6.19 Å². The molecule has 0 atom stereocenters. The van der Waals surface area contributed by atoms with Gasteiger partial charge < -0.3 is 0 Å². The molecule has 0 heterocycles. The van der Waals surface area contributed by atoms with Gasteiger partial charge >= 0.3 is 6.18 Å². The fourth-order valence-corrected chi connectivity index (χ4v) is 0.994. The molecule has 1 N–H and O–H groups in total. The van der Waals surface area contributed by atoms with E-state index >= 15 is 0 Å². The molecule has 7 heteroatoms. The molecule has 0 bridgehead atoms. The molecule has 0 saturated carbocycles. The summed E-state index contributed by atoms with van der Waals surface area (Å²) < 4.78 is 49.7. The van der Waals surface area contributed by atoms with Crippen LogP contribution in [0.3, 0.4) is 0 Å². The van der Waals surface area contributed by atoms with E-state index in [-0.39, 0.29) is 0 Å². The molecule has 1 rings (SSSR count). The lowest BCUT2D eigenvalue weighted by Gasteiger charge is -2.08. The van der Waals surface area contributed by atoms with Gasteiger partial charge in [-0.1, -0.05) is 0 Å². The topological polar surface area (TPSA) is 52.9 Å². The summed E-state index contributed by atoms with van der Waals surface area (Å²) in [5.74, 6) is -2.34. The summed E-state index contributed by atoms with van der Waals surface area (Å²) in [5, 5.41) is 9.63. The molecular weight excluding hydrogens is 228 g/mol. The Hall–Kier alpha value is -2.10. The highest BCUT2D eigenvalue weighted by Gasteiger charge is 2.31. The normalized spacial score (nSPS) is 10.7. The standard InChI is InChI=1S/C9H4F4N2O/c10-7-2-1-5(9(11,12)13)3-6(7)8(16)15-4-14/h1-3H,(H,15,16). The minimum absolute atomic E-state index is 0.349. The van der Waals surface area contributed by atoms with E-state index in [4.69, 9.17) is 5.26 Å². The van der Waals surface area contributed by atoms with Crippen LogP contribution in [0.4, 0.5) is 17.6 Å². The van der Waals surface area contributed by atoms with Gasteiger partial charge in [-0.05, 0) is 18.2 Å². The maximum absolute atomic E-state index is 13.0. The Morgan fingerprint density at radius 2 is 2.00 bits per heavy atom. The molecule has 0 aromatic heterocycles. The summed E-state index contributed by atoms with van der Waals surface area (Å²) in [7, 11) is 0. The number of amides is 1. The van der Waals surface area contributed by atoms with Gasteiger partial charge in [-0.15, -0.1) is 0 Å². The first-order valence-electron chi connectivity index (χ1n) is 3.92. The number of hydrogen-bond acceptors (Lipinski definition) is 2. The number of nitrogens with one attached hydrogen (secondary N) is 1. The minimum atomic E-state index is -4.67. The second-order valence-corrected chi connectivity index (χ2v) is 2.76. The Morgan fingerprint density at radius 3 is 2.50 bits per heavy atom. The molecule has 0 aliphatic rings. The molecule has 0 fully saturated rings. The molecule has 1 amide bonds. The van der Waals surface area contributed by atoms with Crippen molar-refractivity contribution < 1.29 is 22.4 Å². The van der Waals surface area contributed by atoms with E-state index in [0.717, 1.165) is 0 Å². The first kappa shape index (κ1) is 12.0. The quantitative estimate of drug-likeness (QED) is 0.457. The highest BCUT2D eigenvalue weighted by Crippen LogP contribution is 2.30. The van der Waals surface area contributed by atoms with Crippen LogP contribution in [0.25, 0.3) is 0 Å². The van der Waals surface area contributed by atoms with E-state index in [9.17, 15) is 22.4 Å². The van der Waals surface area contributed by atoms with Crippen LogP contribution in [-0.4, -0.2) is 5.91 Å². The molecule has 0 saturated heterocycles. The van der Waals surface area contributed by atoms with E-state index in [2.05, 4.69) is 0 Å². The zero-order valence-corrected chi connectivity index (χ0v) is 7.60. The van der Waals surface area contributed by atoms with Gasteiger partial charge in [0.1, 0.15) is 5.82 Å². The first-order chi connectivity index (χ1) is 7.36. The average Bonchev–Trinajstić information content (AvgIpc) is 2.16. The third-order valence-electron chi connectivity index (χ3n) is 1.71. The highest BCUT2D eigenvalue weighted by molar-refractivity contribution is 5.95. The number of benzene rings is 1. The first-order valence-corrected chi connectivity index (χ1v) is 3.92. The Labute approximate surface area is 87.3 Å². The predicted molar refractivity (Wildman–Crippen MR) is 44.5 cm³/mol. The van der Waals surface area contributed by atoms with Gasteiger partial charge in [-0.3, -0.25) is 10.1 Å². The number of nitriles is 1. The Morgan fingerprint density at radius 1 is 1.38 bits per heavy atom. The number of rotatable bonds is 1. The van der Waals surface area contributed by atoms with Gasteiger partial charge in [0.15, 0.2) is 6.19 Å².